The summed E-state index contributed by atoms with van der Waals surface area (Å²) < 4.78 is 15.9. The number of nitrogens with zero attached hydrogens (tertiary/aromatic N) is 4. The summed E-state index contributed by atoms with van der Waals surface area (Å²) in [5.41, 5.74) is 1.82. The topological polar surface area (TPSA) is 71.6 Å². The molecule has 2 aromatic heterocycles. The van der Waals surface area contributed by atoms with Crippen molar-refractivity contribution in [1.82, 2.24) is 14.8 Å². The Labute approximate surface area is 170 Å². The average molecular weight is 405 g/mol. The highest BCUT2D eigenvalue weighted by molar-refractivity contribution is 6.31. The molecule has 0 N–H and O–H groups in total. The van der Waals surface area contributed by atoms with Crippen molar-refractivity contribution >= 4 is 22.4 Å². The van der Waals surface area contributed by atoms with E-state index in [4.69, 9.17) is 16.9 Å². The lowest BCUT2D eigenvalue weighted by Gasteiger charge is -2.12. The minimum Gasteiger partial charge on any atom is -0.267 e. The molecule has 0 aliphatic carbocycles. The Bertz CT molecular complexity index is 1340. The zero-order valence-electron chi connectivity index (χ0n) is 15.4. The van der Waals surface area contributed by atoms with E-state index in [2.05, 4.69) is 16.2 Å². The van der Waals surface area contributed by atoms with Crippen LogP contribution < -0.4 is 5.56 Å². The van der Waals surface area contributed by atoms with Gasteiger partial charge >= 0.3 is 0 Å². The first-order valence-electron chi connectivity index (χ1n) is 8.80. The molecule has 4 aromatic rings. The number of aromatic nitrogens is 3. The minimum atomic E-state index is -0.701. The van der Waals surface area contributed by atoms with Crippen LogP contribution in [0.2, 0.25) is 5.02 Å². The van der Waals surface area contributed by atoms with E-state index in [1.807, 2.05) is 0 Å². The van der Waals surface area contributed by atoms with Gasteiger partial charge < -0.3 is 0 Å². The van der Waals surface area contributed by atoms with E-state index in [9.17, 15) is 9.18 Å². The van der Waals surface area contributed by atoms with Gasteiger partial charge in [0.1, 0.15) is 5.69 Å². The highest BCUT2D eigenvalue weighted by Gasteiger charge is 2.17. The van der Waals surface area contributed by atoms with Gasteiger partial charge in [-0.15, -0.1) is 0 Å². The van der Waals surface area contributed by atoms with Gasteiger partial charge in [-0.2, -0.15) is 14.8 Å². The molecular weight excluding hydrogens is 391 g/mol. The maximum atomic E-state index is 14.7. The Morgan fingerprint density at radius 3 is 2.52 bits per heavy atom. The molecule has 0 spiro atoms. The zero-order valence-corrected chi connectivity index (χ0v) is 16.1. The molecule has 0 amide bonds. The maximum absolute atomic E-state index is 14.7. The lowest BCUT2D eigenvalue weighted by atomic mass is 10.1. The number of halogens is 2. The van der Waals surface area contributed by atoms with E-state index in [1.165, 1.54) is 10.7 Å². The average Bonchev–Trinajstić information content (AvgIpc) is 2.73. The lowest BCUT2D eigenvalue weighted by molar-refractivity contribution is 0.581. The standard InChI is InChI=1S/C22H14ClFN4O/c1-13-19(23)10-18(21(24)26-13)20-16-4-2-3-5-17(16)22(29)28(27-20)12-15-8-6-14(11-25)7-9-15/h2-10H,12H2,1H3. The van der Waals surface area contributed by atoms with Crippen molar-refractivity contribution in [1.29, 1.82) is 5.26 Å². The van der Waals surface area contributed by atoms with Crippen molar-refractivity contribution < 1.29 is 4.39 Å². The highest BCUT2D eigenvalue weighted by Crippen LogP contribution is 2.29. The van der Waals surface area contributed by atoms with E-state index in [1.54, 1.807) is 55.5 Å². The van der Waals surface area contributed by atoms with Crippen LogP contribution in [0.5, 0.6) is 0 Å². The number of aryl methyl sites for hydroxylation is 1. The van der Waals surface area contributed by atoms with E-state index in [-0.39, 0.29) is 17.7 Å². The van der Waals surface area contributed by atoms with Gasteiger partial charge in [-0.3, -0.25) is 4.79 Å². The highest BCUT2D eigenvalue weighted by atomic mass is 35.5. The molecule has 0 bridgehead atoms. The third kappa shape index (κ3) is 3.48. The van der Waals surface area contributed by atoms with E-state index >= 15 is 0 Å². The van der Waals surface area contributed by atoms with Crippen molar-refractivity contribution in [3.8, 4) is 17.3 Å². The Kier molecular flexibility index (Phi) is 4.83. The Morgan fingerprint density at radius 2 is 1.83 bits per heavy atom. The van der Waals surface area contributed by atoms with Crippen molar-refractivity contribution in [3.63, 3.8) is 0 Å². The van der Waals surface area contributed by atoms with Crippen molar-refractivity contribution in [2.75, 3.05) is 0 Å². The number of benzene rings is 2. The van der Waals surface area contributed by atoms with Gasteiger partial charge in [0.05, 0.1) is 39.8 Å². The third-order valence-corrected chi connectivity index (χ3v) is 5.03. The van der Waals surface area contributed by atoms with Crippen molar-refractivity contribution in [2.45, 2.75) is 13.5 Å². The summed E-state index contributed by atoms with van der Waals surface area (Å²) in [6.45, 7) is 1.80. The summed E-state index contributed by atoms with van der Waals surface area (Å²) in [6.07, 6.45) is 0. The fraction of sp³-hybridized carbons (Fsp3) is 0.0909. The Morgan fingerprint density at radius 1 is 1.14 bits per heavy atom. The third-order valence-electron chi connectivity index (χ3n) is 4.64. The van der Waals surface area contributed by atoms with Crippen molar-refractivity contribution in [3.05, 3.63) is 92.7 Å². The number of hydrogen-bond acceptors (Lipinski definition) is 4. The summed E-state index contributed by atoms with van der Waals surface area (Å²) in [7, 11) is 0. The van der Waals surface area contributed by atoms with Gasteiger partial charge in [-0.25, -0.2) is 9.67 Å². The van der Waals surface area contributed by atoms with Gasteiger partial charge in [0.2, 0.25) is 5.95 Å². The minimum absolute atomic E-state index is 0.130. The monoisotopic (exact) mass is 404 g/mol. The van der Waals surface area contributed by atoms with Crippen LogP contribution in [0.15, 0.2) is 59.4 Å². The van der Waals surface area contributed by atoms with Crippen LogP contribution in [0, 0.1) is 24.2 Å². The molecule has 0 saturated carbocycles. The van der Waals surface area contributed by atoms with E-state index in [0.29, 0.717) is 32.7 Å². The second-order valence-electron chi connectivity index (χ2n) is 6.56. The number of pyridine rings is 1. The molecule has 0 aliphatic rings. The molecule has 0 fully saturated rings. The predicted molar refractivity (Wildman–Crippen MR) is 109 cm³/mol. The van der Waals surface area contributed by atoms with Gasteiger partial charge in [0, 0.05) is 5.39 Å². The molecule has 2 aromatic carbocycles. The zero-order chi connectivity index (χ0) is 20.5. The Balaban J connectivity index is 1.93. The first-order valence-corrected chi connectivity index (χ1v) is 9.17. The second kappa shape index (κ2) is 7.46. The Hall–Kier alpha value is -3.56. The summed E-state index contributed by atoms with van der Waals surface area (Å²) in [4.78, 5) is 16.8. The first-order chi connectivity index (χ1) is 14.0. The number of nitriles is 1. The molecule has 7 heteroatoms. The van der Waals surface area contributed by atoms with Gasteiger partial charge in [0.15, 0.2) is 0 Å². The van der Waals surface area contributed by atoms with Crippen LogP contribution in [-0.4, -0.2) is 14.8 Å². The molecule has 2 heterocycles. The molecule has 0 unspecified atom stereocenters. The number of hydrogen-bond donors (Lipinski definition) is 0. The smallest absolute Gasteiger partial charge is 0.267 e. The van der Waals surface area contributed by atoms with Crippen LogP contribution in [0.3, 0.4) is 0 Å². The van der Waals surface area contributed by atoms with Crippen molar-refractivity contribution in [2.24, 2.45) is 0 Å². The molecule has 0 atom stereocenters. The van der Waals surface area contributed by atoms with Crippen LogP contribution in [0.4, 0.5) is 4.39 Å². The summed E-state index contributed by atoms with van der Waals surface area (Å²) in [6, 6.07) is 17.3. The molecule has 5 nitrogen and oxygen atoms in total. The van der Waals surface area contributed by atoms with Crippen LogP contribution in [0.25, 0.3) is 22.0 Å². The fourth-order valence-corrected chi connectivity index (χ4v) is 3.27. The summed E-state index contributed by atoms with van der Waals surface area (Å²) in [5.74, 6) is -0.701. The predicted octanol–water partition coefficient (Wildman–Crippen LogP) is 4.48. The van der Waals surface area contributed by atoms with Gasteiger partial charge in [-0.1, -0.05) is 41.9 Å². The molecule has 0 saturated heterocycles. The normalized spacial score (nSPS) is 10.8. The molecule has 142 valence electrons. The number of rotatable bonds is 3. The largest absolute Gasteiger partial charge is 0.274 e. The van der Waals surface area contributed by atoms with E-state index < -0.39 is 5.95 Å². The lowest BCUT2D eigenvalue weighted by Crippen LogP contribution is -2.24. The second-order valence-corrected chi connectivity index (χ2v) is 6.97. The van der Waals surface area contributed by atoms with Crippen LogP contribution in [0.1, 0.15) is 16.8 Å². The van der Waals surface area contributed by atoms with Gasteiger partial charge in [-0.05, 0) is 36.8 Å². The molecule has 29 heavy (non-hydrogen) atoms. The fourth-order valence-electron chi connectivity index (χ4n) is 3.12. The van der Waals surface area contributed by atoms with Crippen LogP contribution >= 0.6 is 11.6 Å². The molecule has 0 radical (unpaired) electrons. The summed E-state index contributed by atoms with van der Waals surface area (Å²) >= 11 is 6.16. The first kappa shape index (κ1) is 18.8. The number of fused-ring (bicyclic) bond motifs is 1. The SMILES string of the molecule is Cc1nc(F)c(-c2nn(Cc3ccc(C#N)cc3)c(=O)c3ccccc23)cc1Cl. The molecular formula is C22H14ClFN4O. The van der Waals surface area contributed by atoms with E-state index in [0.717, 1.165) is 5.56 Å². The quantitative estimate of drug-likeness (QED) is 0.472. The van der Waals surface area contributed by atoms with Gasteiger partial charge in [0.25, 0.3) is 5.56 Å². The summed E-state index contributed by atoms with van der Waals surface area (Å²) in [5, 5.41) is 14.6. The van der Waals surface area contributed by atoms with Crippen LogP contribution in [-0.2, 0) is 6.54 Å². The molecule has 4 rings (SSSR count). The maximum Gasteiger partial charge on any atom is 0.274 e. The molecule has 0 aliphatic heterocycles.